The molecule has 0 aromatic heterocycles. The summed E-state index contributed by atoms with van der Waals surface area (Å²) in [6.07, 6.45) is -12.4. The van der Waals surface area contributed by atoms with Gasteiger partial charge in [-0.25, -0.2) is 4.57 Å². The lowest BCUT2D eigenvalue weighted by molar-refractivity contribution is -0.159. The van der Waals surface area contributed by atoms with E-state index in [2.05, 4.69) is 5.32 Å². The predicted octanol–water partition coefficient (Wildman–Crippen LogP) is 2.66. The molecule has 23 heavy (non-hydrogen) atoms. The molecule has 1 atom stereocenters. The number of alkyl halides is 6. The Labute approximate surface area is 129 Å². The van der Waals surface area contributed by atoms with E-state index in [9.17, 15) is 26.3 Å². The monoisotopic (exact) mass is 377 g/mol. The highest BCUT2D eigenvalue weighted by Crippen LogP contribution is 2.33. The molecule has 0 aromatic rings. The molecule has 13 heteroatoms. The fourth-order valence-electron chi connectivity index (χ4n) is 1.65. The van der Waals surface area contributed by atoms with E-state index in [1.165, 1.54) is 6.92 Å². The Morgan fingerprint density at radius 3 is 1.52 bits per heavy atom. The maximum Gasteiger partial charge on any atom is 0.466 e. The quantitative estimate of drug-likeness (QED) is 0.489. The number of hydrogen-bond acceptors (Lipinski definition) is 2. The van der Waals surface area contributed by atoms with E-state index >= 15 is 0 Å². The van der Waals surface area contributed by atoms with Crippen LogP contribution >= 0.6 is 7.82 Å². The Kier molecular flexibility index (Phi) is 10.6. The van der Waals surface area contributed by atoms with Crippen molar-refractivity contribution in [3.05, 3.63) is 5.32 Å². The van der Waals surface area contributed by atoms with Crippen molar-refractivity contribution >= 4 is 7.82 Å². The van der Waals surface area contributed by atoms with E-state index in [0.717, 1.165) is 0 Å². The van der Waals surface area contributed by atoms with Crippen molar-refractivity contribution in [3.8, 4) is 0 Å². The van der Waals surface area contributed by atoms with Crippen LogP contribution in [-0.2, 0) is 4.57 Å². The molecule has 0 aliphatic carbocycles. The van der Waals surface area contributed by atoms with Crippen LogP contribution in [0.2, 0.25) is 0 Å². The van der Waals surface area contributed by atoms with Crippen LogP contribution in [0.15, 0.2) is 0 Å². The molecule has 0 fully saturated rings. The number of rotatable bonds is 6. The van der Waals surface area contributed by atoms with Crippen LogP contribution in [0.4, 0.5) is 26.3 Å². The molecular formula is C10H20F6N2O4P-. The van der Waals surface area contributed by atoms with E-state index < -0.39 is 45.1 Å². The second-order valence-corrected chi connectivity index (χ2v) is 6.09. The Morgan fingerprint density at radius 2 is 1.30 bits per heavy atom. The zero-order valence-electron chi connectivity index (χ0n) is 12.6. The summed E-state index contributed by atoms with van der Waals surface area (Å²) in [6, 6.07) is -2.34. The lowest BCUT2D eigenvalue weighted by atomic mass is 10.1. The zero-order valence-corrected chi connectivity index (χ0v) is 13.5. The summed E-state index contributed by atoms with van der Waals surface area (Å²) in [6.45, 7) is 1.81. The van der Waals surface area contributed by atoms with Gasteiger partial charge in [-0.2, -0.15) is 26.3 Å². The lowest BCUT2D eigenvalue weighted by Crippen LogP contribution is -2.31. The van der Waals surface area contributed by atoms with E-state index in [4.69, 9.17) is 19.2 Å². The summed E-state index contributed by atoms with van der Waals surface area (Å²) in [7, 11) is -1.29. The Morgan fingerprint density at radius 1 is 1.00 bits per heavy atom. The van der Waals surface area contributed by atoms with Gasteiger partial charge in [-0.1, -0.05) is 6.92 Å². The van der Waals surface area contributed by atoms with Crippen molar-refractivity contribution in [2.45, 2.75) is 44.2 Å². The zero-order chi connectivity index (χ0) is 19.1. The minimum atomic E-state index is -4.64. The summed E-state index contributed by atoms with van der Waals surface area (Å²) in [5.41, 5.74) is 0. The Balaban J connectivity index is 0. The topological polar surface area (TPSA) is 95.1 Å². The first-order chi connectivity index (χ1) is 9.89. The number of likely N-dealkylation sites (N-methyl/N-ethyl adjacent to an activating group) is 1. The Bertz CT molecular complexity index is 347. The fraction of sp³-hybridized carbons (Fsp3) is 1.00. The molecule has 0 heterocycles. The van der Waals surface area contributed by atoms with Gasteiger partial charge in [0, 0.05) is 12.8 Å². The van der Waals surface area contributed by atoms with Crippen molar-refractivity contribution in [1.82, 2.24) is 4.90 Å². The average Bonchev–Trinajstić information content (AvgIpc) is 2.04. The molecule has 3 N–H and O–H groups in total. The third-order valence-corrected chi connectivity index (χ3v) is 2.03. The van der Waals surface area contributed by atoms with Gasteiger partial charge < -0.3 is 24.9 Å². The smallest absolute Gasteiger partial charge is 0.466 e. The largest absolute Gasteiger partial charge is 0.655 e. The molecule has 6 nitrogen and oxygen atoms in total. The van der Waals surface area contributed by atoms with Crippen LogP contribution in [0.1, 0.15) is 19.8 Å². The van der Waals surface area contributed by atoms with Gasteiger partial charge in [0.2, 0.25) is 0 Å². The molecule has 142 valence electrons. The molecule has 0 bridgehead atoms. The molecule has 0 saturated heterocycles. The van der Waals surface area contributed by atoms with Crippen molar-refractivity contribution in [1.29, 1.82) is 0 Å². The molecule has 0 spiro atoms. The third-order valence-electron chi connectivity index (χ3n) is 2.03. The van der Waals surface area contributed by atoms with Crippen LogP contribution in [0.5, 0.6) is 0 Å². The van der Waals surface area contributed by atoms with Crippen LogP contribution < -0.4 is 0 Å². The van der Waals surface area contributed by atoms with Crippen LogP contribution in [-0.4, -0.2) is 64.7 Å². The first-order valence-corrected chi connectivity index (χ1v) is 7.72. The maximum atomic E-state index is 12.2. The Hall–Kier alpha value is -0.390. The summed E-state index contributed by atoms with van der Waals surface area (Å²) in [5, 5.41) is 3.61. The summed E-state index contributed by atoms with van der Waals surface area (Å²) < 4.78 is 81.8. The average molecular weight is 377 g/mol. The number of halogens is 6. The SMILES string of the molecule is CC(CN(C)C)[N-]C(CC(F)(F)F)CC(F)(F)F.O=P(O)(O)O. The number of phosphoric acid groups is 1. The van der Waals surface area contributed by atoms with Crippen molar-refractivity contribution in [3.63, 3.8) is 0 Å². The second kappa shape index (κ2) is 9.80. The van der Waals surface area contributed by atoms with Gasteiger partial charge in [0.05, 0.1) is 0 Å². The molecule has 0 aromatic carbocycles. The number of hydrogen-bond donors (Lipinski definition) is 3. The molecule has 0 amide bonds. The molecule has 0 aliphatic heterocycles. The summed E-state index contributed by atoms with van der Waals surface area (Å²) >= 11 is 0. The summed E-state index contributed by atoms with van der Waals surface area (Å²) in [5.74, 6) is 0. The second-order valence-electron chi connectivity index (χ2n) is 5.07. The molecular weight excluding hydrogens is 357 g/mol. The maximum absolute atomic E-state index is 12.2. The third kappa shape index (κ3) is 26.8. The fourth-order valence-corrected chi connectivity index (χ4v) is 1.65. The van der Waals surface area contributed by atoms with Crippen molar-refractivity contribution in [2.24, 2.45) is 0 Å². The highest BCUT2D eigenvalue weighted by molar-refractivity contribution is 7.45. The first-order valence-electron chi connectivity index (χ1n) is 6.15. The minimum Gasteiger partial charge on any atom is -0.655 e. The van der Waals surface area contributed by atoms with Gasteiger partial charge in [0.25, 0.3) is 0 Å². The van der Waals surface area contributed by atoms with Gasteiger partial charge in [-0.15, -0.1) is 12.1 Å². The first kappa shape index (κ1) is 24.9. The van der Waals surface area contributed by atoms with E-state index in [0.29, 0.717) is 6.54 Å². The highest BCUT2D eigenvalue weighted by atomic mass is 31.2. The highest BCUT2D eigenvalue weighted by Gasteiger charge is 2.35. The lowest BCUT2D eigenvalue weighted by Gasteiger charge is -2.39. The van der Waals surface area contributed by atoms with Gasteiger partial charge in [0.15, 0.2) is 0 Å². The van der Waals surface area contributed by atoms with E-state index in [-0.39, 0.29) is 0 Å². The molecule has 0 aliphatic rings. The van der Waals surface area contributed by atoms with Crippen molar-refractivity contribution in [2.75, 3.05) is 20.6 Å². The molecule has 0 radical (unpaired) electrons. The van der Waals surface area contributed by atoms with Crippen LogP contribution in [0.25, 0.3) is 5.32 Å². The van der Waals surface area contributed by atoms with Crippen LogP contribution in [0, 0.1) is 0 Å². The normalized spacial score (nSPS) is 14.7. The van der Waals surface area contributed by atoms with Gasteiger partial charge in [-0.05, 0) is 20.6 Å². The van der Waals surface area contributed by atoms with Gasteiger partial charge in [0.1, 0.15) is 0 Å². The molecule has 0 saturated carbocycles. The predicted molar refractivity (Wildman–Crippen MR) is 70.8 cm³/mol. The van der Waals surface area contributed by atoms with Gasteiger partial charge >= 0.3 is 20.2 Å². The van der Waals surface area contributed by atoms with Gasteiger partial charge in [-0.3, -0.25) is 0 Å². The van der Waals surface area contributed by atoms with Crippen molar-refractivity contribution < 1.29 is 45.6 Å². The summed E-state index contributed by atoms with van der Waals surface area (Å²) in [4.78, 5) is 23.2. The van der Waals surface area contributed by atoms with Crippen LogP contribution in [0.3, 0.4) is 0 Å². The molecule has 0 rings (SSSR count). The standard InChI is InChI=1S/C10H17F6N2.H3O4P/c1-7(6-18(2)3)17-8(4-9(11,12)13)5-10(14,15)16;1-5(2,3)4/h7-8H,4-6H2,1-3H3;(H3,1,2,3,4)/q-1;. The van der Waals surface area contributed by atoms with E-state index in [1.807, 2.05) is 0 Å². The van der Waals surface area contributed by atoms with E-state index in [1.54, 1.807) is 19.0 Å². The minimum absolute atomic E-state index is 0.312. The molecule has 1 unspecified atom stereocenters. The number of nitrogens with zero attached hydrogens (tertiary/aromatic N) is 2.